The molecule has 0 aliphatic carbocycles. The number of hydrogen-bond acceptors (Lipinski definition) is 4. The number of anilines is 2. The topological polar surface area (TPSA) is 50.9 Å². The number of nitrogen functional groups attached to an aromatic ring is 1. The second kappa shape index (κ2) is 5.10. The maximum Gasteiger partial charge on any atom is 0.127 e. The standard InChI is InChI=1S/C10H17N3S/c1-7-5-12-10(4-9(7)11)13-6-8(2)14-3/h4-5,8H,6H2,1-3H3,(H3,11,12,13). The average molecular weight is 211 g/mol. The highest BCUT2D eigenvalue weighted by molar-refractivity contribution is 7.99. The van der Waals surface area contributed by atoms with Gasteiger partial charge in [0.15, 0.2) is 0 Å². The Balaban J connectivity index is 2.55. The third-order valence-electron chi connectivity index (χ3n) is 2.12. The van der Waals surface area contributed by atoms with E-state index in [4.69, 9.17) is 5.73 Å². The normalized spacial score (nSPS) is 12.5. The van der Waals surface area contributed by atoms with Crippen molar-refractivity contribution in [2.75, 3.05) is 23.9 Å². The van der Waals surface area contributed by atoms with Crippen LogP contribution in [0, 0.1) is 6.92 Å². The molecule has 0 aliphatic heterocycles. The Labute approximate surface area is 89.5 Å². The van der Waals surface area contributed by atoms with Gasteiger partial charge in [-0.15, -0.1) is 0 Å². The van der Waals surface area contributed by atoms with Crippen LogP contribution in [0.2, 0.25) is 0 Å². The molecule has 0 saturated heterocycles. The minimum atomic E-state index is 0.583. The number of nitrogens with two attached hydrogens (primary N) is 1. The first-order chi connectivity index (χ1) is 6.63. The first kappa shape index (κ1) is 11.2. The van der Waals surface area contributed by atoms with Crippen molar-refractivity contribution in [2.24, 2.45) is 0 Å². The van der Waals surface area contributed by atoms with Crippen molar-refractivity contribution in [3.05, 3.63) is 17.8 Å². The molecule has 0 bridgehead atoms. The highest BCUT2D eigenvalue weighted by Crippen LogP contribution is 2.14. The summed E-state index contributed by atoms with van der Waals surface area (Å²) in [5, 5.41) is 3.83. The fourth-order valence-electron chi connectivity index (χ4n) is 0.968. The van der Waals surface area contributed by atoms with Gasteiger partial charge in [-0.25, -0.2) is 4.98 Å². The summed E-state index contributed by atoms with van der Waals surface area (Å²) >= 11 is 1.83. The number of rotatable bonds is 4. The van der Waals surface area contributed by atoms with Crippen molar-refractivity contribution >= 4 is 23.3 Å². The van der Waals surface area contributed by atoms with Gasteiger partial charge in [0.1, 0.15) is 5.82 Å². The van der Waals surface area contributed by atoms with E-state index in [1.165, 1.54) is 0 Å². The van der Waals surface area contributed by atoms with E-state index in [-0.39, 0.29) is 0 Å². The smallest absolute Gasteiger partial charge is 0.127 e. The first-order valence-electron chi connectivity index (χ1n) is 4.62. The van der Waals surface area contributed by atoms with Crippen LogP contribution >= 0.6 is 11.8 Å². The molecule has 0 spiro atoms. The fraction of sp³-hybridized carbons (Fsp3) is 0.500. The molecule has 1 atom stereocenters. The molecule has 0 amide bonds. The lowest BCUT2D eigenvalue weighted by atomic mass is 10.2. The Bertz CT molecular complexity index is 301. The summed E-state index contributed by atoms with van der Waals surface area (Å²) in [6.07, 6.45) is 3.89. The summed E-state index contributed by atoms with van der Waals surface area (Å²) in [7, 11) is 0. The Morgan fingerprint density at radius 3 is 2.93 bits per heavy atom. The molecule has 1 aromatic rings. The molecule has 0 aliphatic rings. The van der Waals surface area contributed by atoms with Crippen LogP contribution in [0.25, 0.3) is 0 Å². The lowest BCUT2D eigenvalue weighted by molar-refractivity contribution is 0.991. The zero-order valence-corrected chi connectivity index (χ0v) is 9.69. The summed E-state index contributed by atoms with van der Waals surface area (Å²) in [5.74, 6) is 0.856. The SMILES string of the molecule is CSC(C)CNc1cc(N)c(C)cn1. The van der Waals surface area contributed by atoms with E-state index in [2.05, 4.69) is 23.5 Å². The van der Waals surface area contributed by atoms with E-state index in [9.17, 15) is 0 Å². The summed E-state index contributed by atoms with van der Waals surface area (Å²) in [6.45, 7) is 5.04. The quantitative estimate of drug-likeness (QED) is 0.801. The first-order valence-corrected chi connectivity index (χ1v) is 5.91. The third-order valence-corrected chi connectivity index (χ3v) is 3.09. The van der Waals surface area contributed by atoms with Gasteiger partial charge in [-0.3, -0.25) is 0 Å². The zero-order chi connectivity index (χ0) is 10.6. The Hall–Kier alpha value is -0.900. The van der Waals surface area contributed by atoms with Gasteiger partial charge in [0, 0.05) is 29.7 Å². The highest BCUT2D eigenvalue weighted by atomic mass is 32.2. The average Bonchev–Trinajstić information content (AvgIpc) is 2.19. The number of nitrogens with zero attached hydrogens (tertiary/aromatic N) is 1. The van der Waals surface area contributed by atoms with Gasteiger partial charge < -0.3 is 11.1 Å². The van der Waals surface area contributed by atoms with Crippen molar-refractivity contribution in [1.29, 1.82) is 0 Å². The molecule has 0 fully saturated rings. The highest BCUT2D eigenvalue weighted by Gasteiger charge is 2.01. The van der Waals surface area contributed by atoms with Crippen LogP contribution in [0.3, 0.4) is 0 Å². The lowest BCUT2D eigenvalue weighted by Gasteiger charge is -2.11. The largest absolute Gasteiger partial charge is 0.398 e. The van der Waals surface area contributed by atoms with Crippen molar-refractivity contribution in [2.45, 2.75) is 19.1 Å². The molecule has 1 rings (SSSR count). The van der Waals surface area contributed by atoms with Gasteiger partial charge in [-0.2, -0.15) is 11.8 Å². The van der Waals surface area contributed by atoms with E-state index in [0.717, 1.165) is 23.6 Å². The molecule has 1 aromatic heterocycles. The molecule has 0 aromatic carbocycles. The molecule has 1 unspecified atom stereocenters. The monoisotopic (exact) mass is 211 g/mol. The van der Waals surface area contributed by atoms with Crippen molar-refractivity contribution in [3.63, 3.8) is 0 Å². The number of thioether (sulfide) groups is 1. The molecule has 1 heterocycles. The minimum Gasteiger partial charge on any atom is -0.398 e. The van der Waals surface area contributed by atoms with Crippen LogP contribution < -0.4 is 11.1 Å². The summed E-state index contributed by atoms with van der Waals surface area (Å²) in [5.41, 5.74) is 7.59. The third kappa shape index (κ3) is 3.10. The summed E-state index contributed by atoms with van der Waals surface area (Å²) < 4.78 is 0. The number of pyridine rings is 1. The molecule has 3 N–H and O–H groups in total. The minimum absolute atomic E-state index is 0.583. The van der Waals surface area contributed by atoms with Gasteiger partial charge >= 0.3 is 0 Å². The Kier molecular flexibility index (Phi) is 4.07. The van der Waals surface area contributed by atoms with Crippen molar-refractivity contribution in [1.82, 2.24) is 4.98 Å². The van der Waals surface area contributed by atoms with Gasteiger partial charge in [0.2, 0.25) is 0 Å². The van der Waals surface area contributed by atoms with E-state index in [0.29, 0.717) is 5.25 Å². The number of aryl methyl sites for hydroxylation is 1. The van der Waals surface area contributed by atoms with Crippen LogP contribution in [-0.2, 0) is 0 Å². The van der Waals surface area contributed by atoms with Crippen LogP contribution in [0.1, 0.15) is 12.5 Å². The molecule has 0 radical (unpaired) electrons. The van der Waals surface area contributed by atoms with E-state index < -0.39 is 0 Å². The van der Waals surface area contributed by atoms with Gasteiger partial charge in [0.25, 0.3) is 0 Å². The van der Waals surface area contributed by atoms with Gasteiger partial charge in [0.05, 0.1) is 0 Å². The van der Waals surface area contributed by atoms with E-state index in [1.54, 1.807) is 6.20 Å². The van der Waals surface area contributed by atoms with Crippen molar-refractivity contribution in [3.8, 4) is 0 Å². The predicted octanol–water partition coefficient (Wildman–Crippen LogP) is 2.14. The zero-order valence-electron chi connectivity index (χ0n) is 8.87. The van der Waals surface area contributed by atoms with Gasteiger partial charge in [-0.1, -0.05) is 6.92 Å². The molecule has 4 heteroatoms. The lowest BCUT2D eigenvalue weighted by Crippen LogP contribution is -2.13. The number of nitrogens with one attached hydrogen (secondary N) is 1. The van der Waals surface area contributed by atoms with E-state index in [1.807, 2.05) is 24.8 Å². The molecular weight excluding hydrogens is 194 g/mol. The number of hydrogen-bond donors (Lipinski definition) is 2. The maximum atomic E-state index is 5.77. The molecule has 14 heavy (non-hydrogen) atoms. The molecule has 0 saturated carbocycles. The fourth-order valence-corrected chi connectivity index (χ4v) is 1.22. The van der Waals surface area contributed by atoms with Crippen LogP contribution in [0.4, 0.5) is 11.5 Å². The van der Waals surface area contributed by atoms with Crippen molar-refractivity contribution < 1.29 is 0 Å². The maximum absolute atomic E-state index is 5.77. The second-order valence-corrected chi connectivity index (χ2v) is 4.63. The molecule has 3 nitrogen and oxygen atoms in total. The van der Waals surface area contributed by atoms with Crippen LogP contribution in [0.5, 0.6) is 0 Å². The van der Waals surface area contributed by atoms with E-state index >= 15 is 0 Å². The van der Waals surface area contributed by atoms with Crippen LogP contribution in [-0.4, -0.2) is 23.0 Å². The van der Waals surface area contributed by atoms with Gasteiger partial charge in [-0.05, 0) is 18.7 Å². The van der Waals surface area contributed by atoms with Crippen LogP contribution in [0.15, 0.2) is 12.3 Å². The molecule has 78 valence electrons. The predicted molar refractivity (Wildman–Crippen MR) is 64.9 cm³/mol. The summed E-state index contributed by atoms with van der Waals surface area (Å²) in [6, 6.07) is 1.88. The number of aromatic nitrogens is 1. The Morgan fingerprint density at radius 2 is 2.36 bits per heavy atom. The summed E-state index contributed by atoms with van der Waals surface area (Å²) in [4.78, 5) is 4.24. The Morgan fingerprint density at radius 1 is 1.64 bits per heavy atom. The molecular formula is C10H17N3S. The second-order valence-electron chi connectivity index (χ2n) is 3.35.